The first kappa shape index (κ1) is 14.9. The second-order valence-corrected chi connectivity index (χ2v) is 6.59. The molecule has 1 aromatic carbocycles. The lowest BCUT2D eigenvalue weighted by molar-refractivity contribution is 0.00449. The van der Waals surface area contributed by atoms with Gasteiger partial charge in [0.25, 0.3) is 0 Å². The van der Waals surface area contributed by atoms with Crippen LogP contribution in [0.3, 0.4) is 0 Å². The Morgan fingerprint density at radius 3 is 2.95 bits per heavy atom. The van der Waals surface area contributed by atoms with Crippen LogP contribution in [0, 0.1) is 18.3 Å². The lowest BCUT2D eigenvalue weighted by Crippen LogP contribution is -2.48. The summed E-state index contributed by atoms with van der Waals surface area (Å²) in [6, 6.07) is 6.63. The molecule has 0 aromatic heterocycles. The van der Waals surface area contributed by atoms with Gasteiger partial charge in [-0.25, -0.2) is 8.42 Å². The quantitative estimate of drug-likeness (QED) is 0.860. The van der Waals surface area contributed by atoms with Crippen LogP contribution in [0.15, 0.2) is 23.1 Å². The number of nitrogens with zero attached hydrogens (tertiary/aromatic N) is 2. The monoisotopic (exact) mass is 295 g/mol. The van der Waals surface area contributed by atoms with Gasteiger partial charge in [0.2, 0.25) is 10.0 Å². The van der Waals surface area contributed by atoms with Crippen molar-refractivity contribution < 1.29 is 13.2 Å². The van der Waals surface area contributed by atoms with E-state index in [1.165, 1.54) is 10.4 Å². The third kappa shape index (κ3) is 2.83. The van der Waals surface area contributed by atoms with Gasteiger partial charge in [-0.2, -0.15) is 9.57 Å². The van der Waals surface area contributed by atoms with Crippen molar-refractivity contribution in [1.82, 2.24) is 4.31 Å². The van der Waals surface area contributed by atoms with Gasteiger partial charge < -0.3 is 10.5 Å². The summed E-state index contributed by atoms with van der Waals surface area (Å²) < 4.78 is 32.1. The average molecular weight is 295 g/mol. The molecule has 0 radical (unpaired) electrons. The van der Waals surface area contributed by atoms with Gasteiger partial charge >= 0.3 is 0 Å². The summed E-state index contributed by atoms with van der Waals surface area (Å²) in [7, 11) is -3.62. The van der Waals surface area contributed by atoms with Crippen molar-refractivity contribution >= 4 is 10.0 Å². The van der Waals surface area contributed by atoms with Crippen LogP contribution in [-0.4, -0.2) is 45.1 Å². The SMILES string of the molecule is Cc1ccc(C#N)cc1S(=O)(=O)N1CCO[C@@H](CN)C1. The third-order valence-corrected chi connectivity index (χ3v) is 5.31. The van der Waals surface area contributed by atoms with Crippen LogP contribution in [0.1, 0.15) is 11.1 Å². The van der Waals surface area contributed by atoms with E-state index in [0.717, 1.165) is 0 Å². The molecule has 108 valence electrons. The van der Waals surface area contributed by atoms with E-state index in [1.54, 1.807) is 19.1 Å². The molecule has 1 aromatic rings. The fraction of sp³-hybridized carbons (Fsp3) is 0.462. The highest BCUT2D eigenvalue weighted by Crippen LogP contribution is 2.23. The molecule has 20 heavy (non-hydrogen) atoms. The Bertz CT molecular complexity index is 637. The summed E-state index contributed by atoms with van der Waals surface area (Å²) in [5, 5.41) is 8.91. The minimum atomic E-state index is -3.62. The highest BCUT2D eigenvalue weighted by Gasteiger charge is 2.31. The summed E-state index contributed by atoms with van der Waals surface area (Å²) in [4.78, 5) is 0.175. The molecule has 2 N–H and O–H groups in total. The van der Waals surface area contributed by atoms with E-state index in [2.05, 4.69) is 0 Å². The third-order valence-electron chi connectivity index (χ3n) is 3.30. The number of nitriles is 1. The van der Waals surface area contributed by atoms with E-state index >= 15 is 0 Å². The normalized spacial score (nSPS) is 20.6. The molecule has 1 atom stereocenters. The van der Waals surface area contributed by atoms with Crippen molar-refractivity contribution in [3.8, 4) is 6.07 Å². The Morgan fingerprint density at radius 1 is 1.55 bits per heavy atom. The molecule has 1 aliphatic rings. The van der Waals surface area contributed by atoms with Crippen LogP contribution in [0.25, 0.3) is 0 Å². The maximum atomic E-state index is 12.7. The van der Waals surface area contributed by atoms with Crippen molar-refractivity contribution in [2.24, 2.45) is 5.73 Å². The minimum Gasteiger partial charge on any atom is -0.374 e. The zero-order valence-corrected chi connectivity index (χ0v) is 12.1. The van der Waals surface area contributed by atoms with Crippen LogP contribution in [0.2, 0.25) is 0 Å². The molecule has 1 saturated heterocycles. The topological polar surface area (TPSA) is 96.4 Å². The molecule has 7 heteroatoms. The first-order chi connectivity index (χ1) is 9.48. The number of rotatable bonds is 3. The molecule has 0 bridgehead atoms. The Balaban J connectivity index is 2.37. The lowest BCUT2D eigenvalue weighted by atomic mass is 10.2. The fourth-order valence-electron chi connectivity index (χ4n) is 2.14. The van der Waals surface area contributed by atoms with Crippen molar-refractivity contribution in [2.45, 2.75) is 17.9 Å². The van der Waals surface area contributed by atoms with Crippen molar-refractivity contribution in [3.63, 3.8) is 0 Å². The van der Waals surface area contributed by atoms with Gasteiger partial charge in [0.1, 0.15) is 0 Å². The van der Waals surface area contributed by atoms with Gasteiger partial charge in [0.05, 0.1) is 29.2 Å². The Labute approximate surface area is 118 Å². The number of hydrogen-bond acceptors (Lipinski definition) is 5. The number of sulfonamides is 1. The lowest BCUT2D eigenvalue weighted by Gasteiger charge is -2.31. The molecule has 0 spiro atoms. The molecule has 1 heterocycles. The van der Waals surface area contributed by atoms with Gasteiger partial charge in [0, 0.05) is 19.6 Å². The smallest absolute Gasteiger partial charge is 0.243 e. The van der Waals surface area contributed by atoms with E-state index < -0.39 is 10.0 Å². The Morgan fingerprint density at radius 2 is 2.30 bits per heavy atom. The van der Waals surface area contributed by atoms with Crippen molar-refractivity contribution in [3.05, 3.63) is 29.3 Å². The van der Waals surface area contributed by atoms with Crippen LogP contribution in [-0.2, 0) is 14.8 Å². The van der Waals surface area contributed by atoms with Crippen LogP contribution in [0.4, 0.5) is 0 Å². The zero-order valence-electron chi connectivity index (χ0n) is 11.2. The molecule has 1 aliphatic heterocycles. The van der Waals surface area contributed by atoms with Crippen molar-refractivity contribution in [2.75, 3.05) is 26.2 Å². The Hall–Kier alpha value is -1.46. The molecule has 0 saturated carbocycles. The first-order valence-electron chi connectivity index (χ1n) is 6.31. The van der Waals surface area contributed by atoms with E-state index in [-0.39, 0.29) is 24.1 Å². The molecule has 6 nitrogen and oxygen atoms in total. The molecular weight excluding hydrogens is 278 g/mol. The van der Waals surface area contributed by atoms with Gasteiger partial charge in [-0.3, -0.25) is 0 Å². The molecule has 0 amide bonds. The van der Waals surface area contributed by atoms with E-state index in [4.69, 9.17) is 15.7 Å². The predicted molar refractivity (Wildman–Crippen MR) is 73.4 cm³/mol. The van der Waals surface area contributed by atoms with Crippen LogP contribution in [0.5, 0.6) is 0 Å². The summed E-state index contributed by atoms with van der Waals surface area (Å²) >= 11 is 0. The van der Waals surface area contributed by atoms with E-state index in [1.807, 2.05) is 6.07 Å². The number of ether oxygens (including phenoxy) is 1. The summed E-state index contributed by atoms with van der Waals surface area (Å²) in [6.45, 7) is 2.88. The van der Waals surface area contributed by atoms with Crippen LogP contribution >= 0.6 is 0 Å². The zero-order chi connectivity index (χ0) is 14.8. The van der Waals surface area contributed by atoms with Crippen molar-refractivity contribution in [1.29, 1.82) is 5.26 Å². The second-order valence-electron chi connectivity index (χ2n) is 4.68. The van der Waals surface area contributed by atoms with E-state index in [0.29, 0.717) is 24.3 Å². The number of aryl methyl sites for hydroxylation is 1. The molecule has 1 fully saturated rings. The number of benzene rings is 1. The summed E-state index contributed by atoms with van der Waals surface area (Å²) in [5.41, 5.74) is 6.49. The summed E-state index contributed by atoms with van der Waals surface area (Å²) in [5.74, 6) is 0. The molecule has 2 rings (SSSR count). The molecule has 0 unspecified atom stereocenters. The predicted octanol–water partition coefficient (Wildman–Crippen LogP) is 0.215. The average Bonchev–Trinajstić information content (AvgIpc) is 2.47. The van der Waals surface area contributed by atoms with E-state index in [9.17, 15) is 8.42 Å². The second kappa shape index (κ2) is 5.89. The highest BCUT2D eigenvalue weighted by atomic mass is 32.2. The molecule has 0 aliphatic carbocycles. The maximum absolute atomic E-state index is 12.7. The van der Waals surface area contributed by atoms with Gasteiger partial charge in [-0.05, 0) is 24.6 Å². The minimum absolute atomic E-state index is 0.175. The number of morpholine rings is 1. The number of hydrogen-bond donors (Lipinski definition) is 1. The largest absolute Gasteiger partial charge is 0.374 e. The van der Waals surface area contributed by atoms with Gasteiger partial charge in [-0.1, -0.05) is 6.07 Å². The van der Waals surface area contributed by atoms with Gasteiger partial charge in [0.15, 0.2) is 0 Å². The summed E-state index contributed by atoms with van der Waals surface area (Å²) in [6.07, 6.45) is -0.280. The number of nitrogens with two attached hydrogens (primary N) is 1. The Kier molecular flexibility index (Phi) is 4.40. The molecular formula is C13H17N3O3S. The first-order valence-corrected chi connectivity index (χ1v) is 7.75. The highest BCUT2D eigenvalue weighted by molar-refractivity contribution is 7.89. The standard InChI is InChI=1S/C13H17N3O3S/c1-10-2-3-11(7-14)6-13(10)20(17,18)16-4-5-19-12(8-15)9-16/h2-3,6,12H,4-5,8-9,15H2,1H3/t12-/m0/s1. The maximum Gasteiger partial charge on any atom is 0.243 e. The van der Waals surface area contributed by atoms with Crippen LogP contribution < -0.4 is 5.73 Å². The van der Waals surface area contributed by atoms with Gasteiger partial charge in [-0.15, -0.1) is 0 Å². The fourth-order valence-corrected chi connectivity index (χ4v) is 3.85.